The molecule has 0 N–H and O–H groups in total. The standard InChI is InChI=1S/C15H30O/c1-3-5-6-7-8-9-10-11-12-13-15-16-14-4-2/h3,5H,4,6-15H2,1-2H3. The third kappa shape index (κ3) is 13.7. The first-order chi connectivity index (χ1) is 7.91. The summed E-state index contributed by atoms with van der Waals surface area (Å²) in [5, 5.41) is 0. The van der Waals surface area contributed by atoms with Crippen molar-refractivity contribution in [3.05, 3.63) is 12.2 Å². The molecule has 16 heavy (non-hydrogen) atoms. The number of hydrogen-bond donors (Lipinski definition) is 0. The lowest BCUT2D eigenvalue weighted by Gasteiger charge is -2.02. The molecule has 0 saturated carbocycles. The molecule has 0 bridgehead atoms. The van der Waals surface area contributed by atoms with Gasteiger partial charge in [0.05, 0.1) is 0 Å². The minimum atomic E-state index is 0.935. The SMILES string of the molecule is CC=CCCCCCCCCCOCCC. The zero-order valence-electron chi connectivity index (χ0n) is 11.3. The number of ether oxygens (including phenoxy) is 1. The molecule has 0 aromatic rings. The van der Waals surface area contributed by atoms with Crippen LogP contribution in [-0.2, 0) is 4.74 Å². The molecule has 96 valence electrons. The maximum Gasteiger partial charge on any atom is 0.0466 e. The van der Waals surface area contributed by atoms with E-state index >= 15 is 0 Å². The highest BCUT2D eigenvalue weighted by molar-refractivity contribution is 4.76. The Morgan fingerprint density at radius 1 is 0.812 bits per heavy atom. The number of allylic oxidation sites excluding steroid dienone is 2. The predicted molar refractivity (Wildman–Crippen MR) is 72.9 cm³/mol. The number of hydrogen-bond acceptors (Lipinski definition) is 1. The highest BCUT2D eigenvalue weighted by Gasteiger charge is 1.91. The van der Waals surface area contributed by atoms with Gasteiger partial charge >= 0.3 is 0 Å². The summed E-state index contributed by atoms with van der Waals surface area (Å²) in [6.07, 6.45) is 16.4. The summed E-state index contributed by atoms with van der Waals surface area (Å²) in [4.78, 5) is 0. The van der Waals surface area contributed by atoms with E-state index in [-0.39, 0.29) is 0 Å². The second-order valence-electron chi connectivity index (χ2n) is 4.44. The quantitative estimate of drug-likeness (QED) is 0.332. The fourth-order valence-corrected chi connectivity index (χ4v) is 1.76. The maximum atomic E-state index is 5.45. The van der Waals surface area contributed by atoms with Crippen LogP contribution in [0.4, 0.5) is 0 Å². The van der Waals surface area contributed by atoms with Gasteiger partial charge in [-0.3, -0.25) is 0 Å². The second-order valence-corrected chi connectivity index (χ2v) is 4.44. The predicted octanol–water partition coefficient (Wildman–Crippen LogP) is 5.11. The lowest BCUT2D eigenvalue weighted by atomic mass is 10.1. The van der Waals surface area contributed by atoms with E-state index in [4.69, 9.17) is 4.74 Å². The molecule has 0 aromatic heterocycles. The van der Waals surface area contributed by atoms with Crippen LogP contribution in [0.2, 0.25) is 0 Å². The van der Waals surface area contributed by atoms with Crippen LogP contribution in [0.15, 0.2) is 12.2 Å². The van der Waals surface area contributed by atoms with Gasteiger partial charge < -0.3 is 4.74 Å². The van der Waals surface area contributed by atoms with E-state index in [0.29, 0.717) is 0 Å². The molecule has 0 aliphatic carbocycles. The van der Waals surface area contributed by atoms with Crippen LogP contribution in [-0.4, -0.2) is 13.2 Å². The lowest BCUT2D eigenvalue weighted by Crippen LogP contribution is -1.95. The van der Waals surface area contributed by atoms with Crippen molar-refractivity contribution in [2.75, 3.05) is 13.2 Å². The van der Waals surface area contributed by atoms with Crippen molar-refractivity contribution in [1.82, 2.24) is 0 Å². The molecular weight excluding hydrogens is 196 g/mol. The van der Waals surface area contributed by atoms with Crippen molar-refractivity contribution in [3.63, 3.8) is 0 Å². The van der Waals surface area contributed by atoms with Gasteiger partial charge in [-0.15, -0.1) is 0 Å². The minimum absolute atomic E-state index is 0.935. The summed E-state index contributed by atoms with van der Waals surface area (Å²) in [5.74, 6) is 0. The summed E-state index contributed by atoms with van der Waals surface area (Å²) in [6, 6.07) is 0. The molecular formula is C15H30O. The van der Waals surface area contributed by atoms with E-state index in [1.54, 1.807) is 0 Å². The highest BCUT2D eigenvalue weighted by Crippen LogP contribution is 2.08. The molecule has 0 fully saturated rings. The summed E-state index contributed by atoms with van der Waals surface area (Å²) >= 11 is 0. The third-order valence-electron chi connectivity index (χ3n) is 2.74. The van der Waals surface area contributed by atoms with Gasteiger partial charge in [-0.25, -0.2) is 0 Å². The second kappa shape index (κ2) is 14.7. The molecule has 0 atom stereocenters. The van der Waals surface area contributed by atoms with Crippen LogP contribution in [0.5, 0.6) is 0 Å². The van der Waals surface area contributed by atoms with Gasteiger partial charge in [-0.1, -0.05) is 51.2 Å². The Balaban J connectivity index is 2.88. The van der Waals surface area contributed by atoms with Gasteiger partial charge in [0.15, 0.2) is 0 Å². The summed E-state index contributed by atoms with van der Waals surface area (Å²) in [7, 11) is 0. The molecule has 0 rings (SSSR count). The van der Waals surface area contributed by atoms with Crippen molar-refractivity contribution in [1.29, 1.82) is 0 Å². The molecule has 0 heterocycles. The van der Waals surface area contributed by atoms with Gasteiger partial charge in [-0.2, -0.15) is 0 Å². The van der Waals surface area contributed by atoms with Crippen molar-refractivity contribution in [2.24, 2.45) is 0 Å². The molecule has 0 aliphatic rings. The lowest BCUT2D eigenvalue weighted by molar-refractivity contribution is 0.130. The van der Waals surface area contributed by atoms with E-state index in [2.05, 4.69) is 26.0 Å². The van der Waals surface area contributed by atoms with Crippen LogP contribution in [0.25, 0.3) is 0 Å². The summed E-state index contributed by atoms with van der Waals surface area (Å²) in [5.41, 5.74) is 0. The Labute approximate surface area is 102 Å². The molecule has 0 unspecified atom stereocenters. The van der Waals surface area contributed by atoms with E-state index in [0.717, 1.165) is 19.6 Å². The zero-order chi connectivity index (χ0) is 11.9. The summed E-state index contributed by atoms with van der Waals surface area (Å²) in [6.45, 7) is 6.16. The number of unbranched alkanes of at least 4 members (excludes halogenated alkanes) is 7. The average molecular weight is 226 g/mol. The van der Waals surface area contributed by atoms with E-state index < -0.39 is 0 Å². The maximum absolute atomic E-state index is 5.45. The Morgan fingerprint density at radius 3 is 2.06 bits per heavy atom. The normalized spacial score (nSPS) is 11.4. The van der Waals surface area contributed by atoms with Crippen LogP contribution in [0, 0.1) is 0 Å². The average Bonchev–Trinajstić information content (AvgIpc) is 2.31. The van der Waals surface area contributed by atoms with E-state index in [1.165, 1.54) is 51.4 Å². The molecule has 1 nitrogen and oxygen atoms in total. The molecule has 1 heteroatoms. The Hall–Kier alpha value is -0.300. The zero-order valence-corrected chi connectivity index (χ0v) is 11.3. The van der Waals surface area contributed by atoms with Crippen LogP contribution >= 0.6 is 0 Å². The number of rotatable bonds is 12. The van der Waals surface area contributed by atoms with Gasteiger partial charge in [0.2, 0.25) is 0 Å². The smallest absolute Gasteiger partial charge is 0.0466 e. The largest absolute Gasteiger partial charge is 0.381 e. The molecule has 0 aromatic carbocycles. The Kier molecular flexibility index (Phi) is 14.4. The van der Waals surface area contributed by atoms with Crippen LogP contribution in [0.1, 0.15) is 71.6 Å². The van der Waals surface area contributed by atoms with Crippen LogP contribution in [0.3, 0.4) is 0 Å². The topological polar surface area (TPSA) is 9.23 Å². The first kappa shape index (κ1) is 15.7. The van der Waals surface area contributed by atoms with Crippen molar-refractivity contribution in [3.8, 4) is 0 Å². The fourth-order valence-electron chi connectivity index (χ4n) is 1.76. The first-order valence-electron chi connectivity index (χ1n) is 7.10. The van der Waals surface area contributed by atoms with Gasteiger partial charge in [0, 0.05) is 13.2 Å². The van der Waals surface area contributed by atoms with Gasteiger partial charge in [0.1, 0.15) is 0 Å². The molecule has 0 radical (unpaired) electrons. The monoisotopic (exact) mass is 226 g/mol. The highest BCUT2D eigenvalue weighted by atomic mass is 16.5. The Morgan fingerprint density at radius 2 is 1.44 bits per heavy atom. The van der Waals surface area contributed by atoms with Crippen LogP contribution < -0.4 is 0 Å². The van der Waals surface area contributed by atoms with Crippen molar-refractivity contribution < 1.29 is 4.74 Å². The van der Waals surface area contributed by atoms with E-state index in [9.17, 15) is 0 Å². The first-order valence-corrected chi connectivity index (χ1v) is 7.10. The third-order valence-corrected chi connectivity index (χ3v) is 2.74. The molecule has 0 spiro atoms. The fraction of sp³-hybridized carbons (Fsp3) is 0.867. The molecule has 0 aliphatic heterocycles. The van der Waals surface area contributed by atoms with Crippen molar-refractivity contribution in [2.45, 2.75) is 71.6 Å². The Bertz CT molecular complexity index is 140. The molecule has 0 amide bonds. The van der Waals surface area contributed by atoms with E-state index in [1.807, 2.05) is 0 Å². The van der Waals surface area contributed by atoms with Gasteiger partial charge in [0.25, 0.3) is 0 Å². The molecule has 0 saturated heterocycles. The minimum Gasteiger partial charge on any atom is -0.381 e. The summed E-state index contributed by atoms with van der Waals surface area (Å²) < 4.78 is 5.45. The van der Waals surface area contributed by atoms with Gasteiger partial charge in [-0.05, 0) is 32.6 Å². The van der Waals surface area contributed by atoms with Crippen molar-refractivity contribution >= 4 is 0 Å².